The largest absolute Gasteiger partial charge is 0.471 e. The summed E-state index contributed by atoms with van der Waals surface area (Å²) in [6, 6.07) is 2.88. The number of hydrogen-bond donors (Lipinski definition) is 0. The maximum atomic E-state index is 13.6. The minimum absolute atomic E-state index is 0.0535. The van der Waals surface area contributed by atoms with Gasteiger partial charge in [0.15, 0.2) is 15.7 Å². The molecule has 3 rings (SSSR count). The molecule has 0 aromatic carbocycles. The molecule has 0 N–H and O–H groups in total. The van der Waals surface area contributed by atoms with E-state index in [1.807, 2.05) is 0 Å². The van der Waals surface area contributed by atoms with Crippen LogP contribution in [-0.4, -0.2) is 55.5 Å². The monoisotopic (exact) mass is 328 g/mol. The summed E-state index contributed by atoms with van der Waals surface area (Å²) >= 11 is 0. The SMILES string of the molecule is O=S1(=O)CC[C@@H](CN2CCC[C@H](Oc3ncccc3F)C2)C1. The third-order valence-corrected chi connectivity index (χ3v) is 6.15. The summed E-state index contributed by atoms with van der Waals surface area (Å²) in [5.74, 6) is 0.434. The first-order valence-corrected chi connectivity index (χ1v) is 9.54. The first-order valence-electron chi connectivity index (χ1n) is 7.72. The summed E-state index contributed by atoms with van der Waals surface area (Å²) in [6.07, 6.45) is 4.02. The first kappa shape index (κ1) is 15.7. The van der Waals surface area contributed by atoms with E-state index in [-0.39, 0.29) is 17.9 Å². The van der Waals surface area contributed by atoms with Gasteiger partial charge >= 0.3 is 0 Å². The predicted octanol–water partition coefficient (Wildman–Crippen LogP) is 1.50. The lowest BCUT2D eigenvalue weighted by molar-refractivity contribution is 0.0743. The average Bonchev–Trinajstić information content (AvgIpc) is 2.81. The third kappa shape index (κ3) is 3.95. The van der Waals surface area contributed by atoms with E-state index >= 15 is 0 Å². The highest BCUT2D eigenvalue weighted by molar-refractivity contribution is 7.91. The molecule has 0 bridgehead atoms. The number of hydrogen-bond acceptors (Lipinski definition) is 5. The Bertz CT molecular complexity index is 623. The Morgan fingerprint density at radius 2 is 2.27 bits per heavy atom. The molecule has 1 aromatic heterocycles. The van der Waals surface area contributed by atoms with Crippen LogP contribution in [0.2, 0.25) is 0 Å². The number of likely N-dealkylation sites (tertiary alicyclic amines) is 1. The van der Waals surface area contributed by atoms with E-state index in [2.05, 4.69) is 9.88 Å². The fraction of sp³-hybridized carbons (Fsp3) is 0.667. The van der Waals surface area contributed by atoms with Crippen LogP contribution in [-0.2, 0) is 9.84 Å². The van der Waals surface area contributed by atoms with Crippen molar-refractivity contribution in [1.29, 1.82) is 0 Å². The number of aromatic nitrogens is 1. The maximum absolute atomic E-state index is 13.6. The van der Waals surface area contributed by atoms with Crippen molar-refractivity contribution < 1.29 is 17.5 Å². The number of rotatable bonds is 4. The van der Waals surface area contributed by atoms with Gasteiger partial charge in [-0.1, -0.05) is 0 Å². The lowest BCUT2D eigenvalue weighted by Gasteiger charge is -2.33. The second kappa shape index (κ2) is 6.50. The molecule has 0 spiro atoms. The molecule has 2 atom stereocenters. The molecule has 2 saturated heterocycles. The molecule has 2 aliphatic rings. The summed E-state index contributed by atoms with van der Waals surface area (Å²) in [5, 5.41) is 0. The first-order chi connectivity index (χ1) is 10.5. The van der Waals surface area contributed by atoms with E-state index in [1.54, 1.807) is 0 Å². The number of sulfone groups is 1. The zero-order valence-corrected chi connectivity index (χ0v) is 13.3. The lowest BCUT2D eigenvalue weighted by Crippen LogP contribution is -2.43. The maximum Gasteiger partial charge on any atom is 0.250 e. The molecule has 0 unspecified atom stereocenters. The van der Waals surface area contributed by atoms with E-state index in [0.29, 0.717) is 18.1 Å². The Labute approximate surface area is 130 Å². The standard InChI is InChI=1S/C15H21FN2O3S/c16-14-4-1-6-17-15(14)21-13-3-2-7-18(10-13)9-12-5-8-22(19,20)11-12/h1,4,6,12-13H,2-3,5,7-11H2/t12-,13-/m0/s1. The van der Waals surface area contributed by atoms with Gasteiger partial charge in [-0.3, -0.25) is 4.90 Å². The second-order valence-corrected chi connectivity index (χ2v) is 8.43. The van der Waals surface area contributed by atoms with Crippen molar-refractivity contribution in [3.05, 3.63) is 24.1 Å². The molecule has 2 fully saturated rings. The highest BCUT2D eigenvalue weighted by atomic mass is 32.2. The van der Waals surface area contributed by atoms with Crippen LogP contribution in [0.25, 0.3) is 0 Å². The van der Waals surface area contributed by atoms with E-state index in [1.165, 1.54) is 18.3 Å². The summed E-state index contributed by atoms with van der Waals surface area (Å²) in [5.41, 5.74) is 0. The lowest BCUT2D eigenvalue weighted by atomic mass is 10.0. The van der Waals surface area contributed by atoms with Gasteiger partial charge in [-0.2, -0.15) is 0 Å². The van der Waals surface area contributed by atoms with Gasteiger partial charge in [0, 0.05) is 19.3 Å². The predicted molar refractivity (Wildman–Crippen MR) is 81.0 cm³/mol. The molecular formula is C15H21FN2O3S. The highest BCUT2D eigenvalue weighted by Crippen LogP contribution is 2.23. The van der Waals surface area contributed by atoms with Crippen molar-refractivity contribution in [1.82, 2.24) is 9.88 Å². The number of nitrogens with zero attached hydrogens (tertiary/aromatic N) is 2. The van der Waals surface area contributed by atoms with Gasteiger partial charge in [-0.05, 0) is 43.9 Å². The van der Waals surface area contributed by atoms with Gasteiger partial charge in [0.1, 0.15) is 6.10 Å². The van der Waals surface area contributed by atoms with Crippen LogP contribution in [0.15, 0.2) is 18.3 Å². The minimum atomic E-state index is -2.83. The Hall–Kier alpha value is -1.21. The number of pyridine rings is 1. The number of piperidine rings is 1. The molecule has 0 amide bonds. The molecule has 7 heteroatoms. The fourth-order valence-electron chi connectivity index (χ4n) is 3.27. The van der Waals surface area contributed by atoms with Crippen LogP contribution < -0.4 is 4.74 Å². The molecule has 2 aliphatic heterocycles. The van der Waals surface area contributed by atoms with Crippen LogP contribution in [0.1, 0.15) is 19.3 Å². The van der Waals surface area contributed by atoms with Crippen molar-refractivity contribution in [2.45, 2.75) is 25.4 Å². The van der Waals surface area contributed by atoms with E-state index < -0.39 is 15.7 Å². The molecule has 0 aliphatic carbocycles. The Kier molecular flexibility index (Phi) is 4.63. The van der Waals surface area contributed by atoms with Gasteiger partial charge in [0.25, 0.3) is 5.88 Å². The van der Waals surface area contributed by atoms with Crippen molar-refractivity contribution in [2.24, 2.45) is 5.92 Å². The zero-order chi connectivity index (χ0) is 15.6. The van der Waals surface area contributed by atoms with Crippen molar-refractivity contribution >= 4 is 9.84 Å². The van der Waals surface area contributed by atoms with Gasteiger partial charge < -0.3 is 4.74 Å². The Morgan fingerprint density at radius 3 is 3.00 bits per heavy atom. The van der Waals surface area contributed by atoms with Gasteiger partial charge in [0.2, 0.25) is 0 Å². The summed E-state index contributed by atoms with van der Waals surface area (Å²) in [7, 11) is -2.83. The third-order valence-electron chi connectivity index (χ3n) is 4.31. The Balaban J connectivity index is 1.55. The van der Waals surface area contributed by atoms with Crippen LogP contribution in [0.4, 0.5) is 4.39 Å². The second-order valence-electron chi connectivity index (χ2n) is 6.20. The smallest absolute Gasteiger partial charge is 0.250 e. The topological polar surface area (TPSA) is 59.5 Å². The molecule has 5 nitrogen and oxygen atoms in total. The van der Waals surface area contributed by atoms with Gasteiger partial charge in [0.05, 0.1) is 11.5 Å². The number of halogens is 1. The molecule has 122 valence electrons. The van der Waals surface area contributed by atoms with Crippen LogP contribution in [0.5, 0.6) is 5.88 Å². The van der Waals surface area contributed by atoms with E-state index in [0.717, 1.165) is 32.4 Å². The van der Waals surface area contributed by atoms with Gasteiger partial charge in [-0.25, -0.2) is 17.8 Å². The molecule has 0 saturated carbocycles. The fourth-order valence-corrected chi connectivity index (χ4v) is 5.12. The van der Waals surface area contributed by atoms with E-state index in [4.69, 9.17) is 4.74 Å². The Morgan fingerprint density at radius 1 is 1.41 bits per heavy atom. The number of ether oxygens (including phenoxy) is 1. The van der Waals surface area contributed by atoms with Crippen LogP contribution in [0.3, 0.4) is 0 Å². The van der Waals surface area contributed by atoms with Crippen molar-refractivity contribution in [2.75, 3.05) is 31.1 Å². The average molecular weight is 328 g/mol. The summed E-state index contributed by atoms with van der Waals surface area (Å²) in [4.78, 5) is 6.16. The van der Waals surface area contributed by atoms with E-state index in [9.17, 15) is 12.8 Å². The minimum Gasteiger partial charge on any atom is -0.471 e. The van der Waals surface area contributed by atoms with Crippen LogP contribution in [0, 0.1) is 11.7 Å². The van der Waals surface area contributed by atoms with Crippen LogP contribution >= 0.6 is 0 Å². The molecular weight excluding hydrogens is 307 g/mol. The molecule has 1 aromatic rings. The van der Waals surface area contributed by atoms with Crippen molar-refractivity contribution in [3.63, 3.8) is 0 Å². The zero-order valence-electron chi connectivity index (χ0n) is 12.4. The van der Waals surface area contributed by atoms with Gasteiger partial charge in [-0.15, -0.1) is 0 Å². The molecule has 3 heterocycles. The summed E-state index contributed by atoms with van der Waals surface area (Å²) in [6.45, 7) is 2.43. The summed E-state index contributed by atoms with van der Waals surface area (Å²) < 4.78 is 42.3. The van der Waals surface area contributed by atoms with Crippen molar-refractivity contribution in [3.8, 4) is 5.88 Å². The molecule has 22 heavy (non-hydrogen) atoms. The molecule has 0 radical (unpaired) electrons. The quantitative estimate of drug-likeness (QED) is 0.838. The highest BCUT2D eigenvalue weighted by Gasteiger charge is 2.31. The normalized spacial score (nSPS) is 28.6.